The van der Waals surface area contributed by atoms with Crippen molar-refractivity contribution in [2.75, 3.05) is 7.05 Å². The van der Waals surface area contributed by atoms with E-state index in [0.717, 1.165) is 19.3 Å². The lowest BCUT2D eigenvalue weighted by Gasteiger charge is -2.35. The number of aromatic nitrogens is 1. The second-order valence-corrected chi connectivity index (χ2v) is 5.69. The Labute approximate surface area is 112 Å². The zero-order valence-corrected chi connectivity index (χ0v) is 11.3. The van der Waals surface area contributed by atoms with Crippen molar-refractivity contribution in [3.05, 3.63) is 24.0 Å². The number of hydrogen-bond acceptors (Lipinski definition) is 4. The van der Waals surface area contributed by atoms with Crippen LogP contribution in [-0.2, 0) is 11.8 Å². The largest absolute Gasteiger partial charge is 0.458 e. The van der Waals surface area contributed by atoms with Gasteiger partial charge in [-0.05, 0) is 25.6 Å². The number of nitrogens with zero attached hydrogens (tertiary/aromatic N) is 2. The molecule has 0 saturated carbocycles. The molecule has 1 aromatic rings. The highest BCUT2D eigenvalue weighted by Gasteiger charge is 2.45. The molecule has 104 valence electrons. The van der Waals surface area contributed by atoms with Gasteiger partial charge in [0, 0.05) is 38.2 Å². The van der Waals surface area contributed by atoms with E-state index in [-0.39, 0.29) is 24.2 Å². The third kappa shape index (κ3) is 2.17. The molecule has 1 N–H and O–H groups in total. The molecule has 2 bridgehead atoms. The lowest BCUT2D eigenvalue weighted by molar-refractivity contribution is -0.00906. The summed E-state index contributed by atoms with van der Waals surface area (Å²) in [4.78, 5) is 14.3. The first-order chi connectivity index (χ1) is 9.06. The minimum absolute atomic E-state index is 0.0780. The lowest BCUT2D eigenvalue weighted by Crippen LogP contribution is -2.45. The summed E-state index contributed by atoms with van der Waals surface area (Å²) in [6.07, 6.45) is 3.81. The molecule has 1 aromatic heterocycles. The highest BCUT2D eigenvalue weighted by molar-refractivity contribution is 5.87. The van der Waals surface area contributed by atoms with Gasteiger partial charge < -0.3 is 14.4 Å². The van der Waals surface area contributed by atoms with Gasteiger partial charge in [0.15, 0.2) is 0 Å². The average Bonchev–Trinajstić information content (AvgIpc) is 2.83. The van der Waals surface area contributed by atoms with Crippen LogP contribution >= 0.6 is 0 Å². The number of fused-ring (bicyclic) bond motifs is 2. The second-order valence-electron chi connectivity index (χ2n) is 5.69. The second kappa shape index (κ2) is 4.65. The minimum Gasteiger partial charge on any atom is -0.458 e. The predicted octanol–water partition coefficient (Wildman–Crippen LogP) is 0.778. The Morgan fingerprint density at radius 2 is 2.16 bits per heavy atom. The Bertz CT molecular complexity index is 485. The summed E-state index contributed by atoms with van der Waals surface area (Å²) in [7, 11) is 3.87. The third-order valence-corrected chi connectivity index (χ3v) is 4.52. The van der Waals surface area contributed by atoms with E-state index in [1.807, 2.05) is 26.4 Å². The molecule has 3 rings (SSSR count). The van der Waals surface area contributed by atoms with Crippen molar-refractivity contribution in [1.82, 2.24) is 9.47 Å². The molecule has 0 aliphatic carbocycles. The van der Waals surface area contributed by atoms with Gasteiger partial charge in [-0.2, -0.15) is 0 Å². The Morgan fingerprint density at radius 3 is 2.79 bits per heavy atom. The molecule has 0 radical (unpaired) electrons. The van der Waals surface area contributed by atoms with E-state index in [1.54, 1.807) is 10.6 Å². The lowest BCUT2D eigenvalue weighted by atomic mass is 10.0. The van der Waals surface area contributed by atoms with Gasteiger partial charge in [-0.25, -0.2) is 4.79 Å². The number of aliphatic hydroxyl groups excluding tert-OH is 1. The number of aliphatic hydroxyl groups is 1. The minimum atomic E-state index is -0.284. The summed E-state index contributed by atoms with van der Waals surface area (Å²) in [6.45, 7) is 0. The standard InChI is InChI=1S/C14H20N2O3/c1-15-5-3-4-11(15)14(18)19-10-6-9-7-13(17)12(8-10)16(9)2/h3-5,9-10,12-13,17H,6-8H2,1-2H3/t9-,10-,12+,13-/m1/s1. The van der Waals surface area contributed by atoms with Gasteiger partial charge in [0.1, 0.15) is 11.8 Å². The monoisotopic (exact) mass is 264 g/mol. The molecular weight excluding hydrogens is 244 g/mol. The van der Waals surface area contributed by atoms with Crippen LogP contribution in [-0.4, -0.2) is 51.9 Å². The zero-order chi connectivity index (χ0) is 13.6. The maximum absolute atomic E-state index is 12.1. The molecule has 0 spiro atoms. The molecule has 5 nitrogen and oxygen atoms in total. The molecule has 3 heterocycles. The molecule has 5 heteroatoms. The summed E-state index contributed by atoms with van der Waals surface area (Å²) in [6, 6.07) is 4.06. The van der Waals surface area contributed by atoms with Gasteiger partial charge in [-0.15, -0.1) is 0 Å². The topological polar surface area (TPSA) is 54.7 Å². The van der Waals surface area contributed by atoms with Crippen molar-refractivity contribution in [3.63, 3.8) is 0 Å². The van der Waals surface area contributed by atoms with E-state index < -0.39 is 0 Å². The smallest absolute Gasteiger partial charge is 0.355 e. The highest BCUT2D eigenvalue weighted by Crippen LogP contribution is 2.36. The quantitative estimate of drug-likeness (QED) is 0.802. The van der Waals surface area contributed by atoms with Gasteiger partial charge >= 0.3 is 5.97 Å². The van der Waals surface area contributed by atoms with Gasteiger partial charge in [0.2, 0.25) is 0 Å². The van der Waals surface area contributed by atoms with Crippen LogP contribution in [0.4, 0.5) is 0 Å². The van der Waals surface area contributed by atoms with E-state index in [2.05, 4.69) is 4.90 Å². The number of likely N-dealkylation sites (N-methyl/N-ethyl adjacent to an activating group) is 1. The first kappa shape index (κ1) is 12.7. The van der Waals surface area contributed by atoms with Gasteiger partial charge in [-0.3, -0.25) is 4.90 Å². The fourth-order valence-corrected chi connectivity index (χ4v) is 3.38. The summed E-state index contributed by atoms with van der Waals surface area (Å²) in [5.41, 5.74) is 0.576. The maximum atomic E-state index is 12.1. The average molecular weight is 264 g/mol. The van der Waals surface area contributed by atoms with Crippen molar-refractivity contribution in [1.29, 1.82) is 0 Å². The fraction of sp³-hybridized carbons (Fsp3) is 0.643. The van der Waals surface area contributed by atoms with E-state index in [1.165, 1.54) is 0 Å². The van der Waals surface area contributed by atoms with Crippen molar-refractivity contribution in [2.24, 2.45) is 7.05 Å². The molecular formula is C14H20N2O3. The van der Waals surface area contributed by atoms with E-state index in [9.17, 15) is 9.90 Å². The van der Waals surface area contributed by atoms with Crippen LogP contribution in [0.3, 0.4) is 0 Å². The maximum Gasteiger partial charge on any atom is 0.355 e. The molecule has 2 fully saturated rings. The zero-order valence-electron chi connectivity index (χ0n) is 11.3. The molecule has 2 saturated heterocycles. The Kier molecular flexibility index (Phi) is 3.11. The molecule has 2 aliphatic heterocycles. The van der Waals surface area contributed by atoms with Crippen LogP contribution in [0.5, 0.6) is 0 Å². The van der Waals surface area contributed by atoms with Crippen LogP contribution in [0.25, 0.3) is 0 Å². The normalized spacial score (nSPS) is 34.5. The van der Waals surface area contributed by atoms with E-state index in [0.29, 0.717) is 11.7 Å². The number of carbonyl (C=O) groups excluding carboxylic acids is 1. The van der Waals surface area contributed by atoms with Gasteiger partial charge in [-0.1, -0.05) is 0 Å². The number of rotatable bonds is 2. The van der Waals surface area contributed by atoms with Crippen LogP contribution < -0.4 is 0 Å². The SMILES string of the molecule is CN1[C@@H]2C[C@@H](OC(=O)c3cccn3C)C[C@H]1[C@H](O)C2. The van der Waals surface area contributed by atoms with E-state index >= 15 is 0 Å². The van der Waals surface area contributed by atoms with Crippen LogP contribution in [0.2, 0.25) is 0 Å². The predicted molar refractivity (Wildman–Crippen MR) is 69.8 cm³/mol. The van der Waals surface area contributed by atoms with E-state index in [4.69, 9.17) is 4.74 Å². The first-order valence-corrected chi connectivity index (χ1v) is 6.78. The summed E-state index contributed by atoms with van der Waals surface area (Å²) < 4.78 is 7.36. The van der Waals surface area contributed by atoms with Crippen LogP contribution in [0.1, 0.15) is 29.8 Å². The first-order valence-electron chi connectivity index (χ1n) is 6.78. The van der Waals surface area contributed by atoms with Crippen LogP contribution in [0.15, 0.2) is 18.3 Å². The van der Waals surface area contributed by atoms with Crippen molar-refractivity contribution >= 4 is 5.97 Å². The fourth-order valence-electron chi connectivity index (χ4n) is 3.38. The number of carbonyl (C=O) groups is 1. The summed E-state index contributed by atoms with van der Waals surface area (Å²) in [5.74, 6) is -0.268. The number of hydrogen-bond donors (Lipinski definition) is 1. The highest BCUT2D eigenvalue weighted by atomic mass is 16.5. The third-order valence-electron chi connectivity index (χ3n) is 4.52. The van der Waals surface area contributed by atoms with Crippen LogP contribution in [0, 0.1) is 0 Å². The Morgan fingerprint density at radius 1 is 1.37 bits per heavy atom. The van der Waals surface area contributed by atoms with Crippen molar-refractivity contribution in [2.45, 2.75) is 43.6 Å². The number of piperidine rings is 1. The van der Waals surface area contributed by atoms with Gasteiger partial charge in [0.25, 0.3) is 0 Å². The molecule has 2 aliphatic rings. The Balaban J connectivity index is 1.66. The molecule has 0 unspecified atom stereocenters. The molecule has 0 aromatic carbocycles. The van der Waals surface area contributed by atoms with Gasteiger partial charge in [0.05, 0.1) is 6.10 Å². The van der Waals surface area contributed by atoms with Crippen molar-refractivity contribution < 1.29 is 14.6 Å². The molecule has 19 heavy (non-hydrogen) atoms. The Hall–Kier alpha value is -1.33. The molecule has 4 atom stereocenters. The molecule has 0 amide bonds. The number of esters is 1. The summed E-state index contributed by atoms with van der Waals surface area (Å²) >= 11 is 0. The number of aryl methyl sites for hydroxylation is 1. The summed E-state index contributed by atoms with van der Waals surface area (Å²) in [5, 5.41) is 9.96. The van der Waals surface area contributed by atoms with Crippen molar-refractivity contribution in [3.8, 4) is 0 Å². The number of ether oxygens (including phenoxy) is 1.